The minimum absolute atomic E-state index is 0.0331. The number of amides is 1. The molecule has 1 atom stereocenters. The third-order valence-corrected chi connectivity index (χ3v) is 3.77. The summed E-state index contributed by atoms with van der Waals surface area (Å²) in [5.74, 6) is -1.14. The van der Waals surface area contributed by atoms with Crippen molar-refractivity contribution in [3.8, 4) is 5.75 Å². The topological polar surface area (TPSA) is 75.6 Å². The first-order chi connectivity index (χ1) is 11.1. The van der Waals surface area contributed by atoms with Gasteiger partial charge in [0.1, 0.15) is 11.5 Å². The number of carbonyl (C=O) groups is 2. The molecule has 1 aliphatic rings. The van der Waals surface area contributed by atoms with Crippen molar-refractivity contribution in [1.82, 2.24) is 5.32 Å². The van der Waals surface area contributed by atoms with E-state index in [1.807, 2.05) is 0 Å². The van der Waals surface area contributed by atoms with E-state index in [9.17, 15) is 14.7 Å². The summed E-state index contributed by atoms with van der Waals surface area (Å²) in [4.78, 5) is 24.1. The van der Waals surface area contributed by atoms with E-state index in [1.54, 1.807) is 54.6 Å². The zero-order valence-electron chi connectivity index (χ0n) is 12.4. The van der Waals surface area contributed by atoms with Crippen LogP contribution in [0, 0.1) is 0 Å². The molecule has 5 heteroatoms. The van der Waals surface area contributed by atoms with Crippen LogP contribution in [-0.4, -0.2) is 23.9 Å². The Bertz CT molecular complexity index is 796. The minimum atomic E-state index is -0.744. The second kappa shape index (κ2) is 5.96. The number of benzene rings is 2. The molecule has 2 aromatic carbocycles. The lowest BCUT2D eigenvalue weighted by Gasteiger charge is -2.16. The van der Waals surface area contributed by atoms with E-state index in [1.165, 1.54) is 7.11 Å². The minimum Gasteiger partial charge on any atom is -0.507 e. The van der Waals surface area contributed by atoms with E-state index >= 15 is 0 Å². The van der Waals surface area contributed by atoms with Gasteiger partial charge in [0.05, 0.1) is 18.7 Å². The molecule has 0 bridgehead atoms. The number of ketones is 1. The van der Waals surface area contributed by atoms with Gasteiger partial charge in [-0.1, -0.05) is 48.5 Å². The van der Waals surface area contributed by atoms with Gasteiger partial charge in [0.15, 0.2) is 0 Å². The Balaban J connectivity index is 2.16. The summed E-state index contributed by atoms with van der Waals surface area (Å²) in [5, 5.41) is 13.1. The second-order valence-electron chi connectivity index (χ2n) is 5.11. The van der Waals surface area contributed by atoms with Crippen molar-refractivity contribution >= 4 is 17.4 Å². The lowest BCUT2D eigenvalue weighted by molar-refractivity contribution is -0.133. The first kappa shape index (κ1) is 14.8. The Morgan fingerprint density at radius 2 is 1.70 bits per heavy atom. The van der Waals surface area contributed by atoms with E-state index < -0.39 is 17.7 Å². The molecule has 2 aromatic rings. The number of aliphatic hydroxyl groups excluding tert-OH is 1. The van der Waals surface area contributed by atoms with Gasteiger partial charge in [-0.3, -0.25) is 9.59 Å². The molecule has 1 amide bonds. The predicted molar refractivity (Wildman–Crippen MR) is 84.9 cm³/mol. The largest absolute Gasteiger partial charge is 0.507 e. The zero-order valence-corrected chi connectivity index (χ0v) is 12.4. The molecule has 0 aromatic heterocycles. The van der Waals surface area contributed by atoms with E-state index in [0.29, 0.717) is 16.9 Å². The van der Waals surface area contributed by atoms with Crippen LogP contribution in [0.1, 0.15) is 17.2 Å². The number of ether oxygens (including phenoxy) is 1. The molecule has 116 valence electrons. The molecule has 0 radical (unpaired) electrons. The Hall–Kier alpha value is -3.08. The van der Waals surface area contributed by atoms with Gasteiger partial charge >= 0.3 is 0 Å². The van der Waals surface area contributed by atoms with Crippen molar-refractivity contribution in [2.24, 2.45) is 0 Å². The summed E-state index contributed by atoms with van der Waals surface area (Å²) in [5.41, 5.74) is 1.13. The maximum atomic E-state index is 12.2. The lowest BCUT2D eigenvalue weighted by atomic mass is 9.95. The average molecular weight is 309 g/mol. The van der Waals surface area contributed by atoms with Crippen molar-refractivity contribution in [2.75, 3.05) is 7.11 Å². The molecule has 3 rings (SSSR count). The van der Waals surface area contributed by atoms with Crippen LogP contribution in [0.2, 0.25) is 0 Å². The fourth-order valence-corrected chi connectivity index (χ4v) is 2.66. The summed E-state index contributed by atoms with van der Waals surface area (Å²) in [7, 11) is 1.51. The van der Waals surface area contributed by atoms with Crippen molar-refractivity contribution in [3.05, 3.63) is 71.3 Å². The molecule has 1 heterocycles. The van der Waals surface area contributed by atoms with Gasteiger partial charge in [0.2, 0.25) is 0 Å². The Morgan fingerprint density at radius 1 is 1.04 bits per heavy atom. The van der Waals surface area contributed by atoms with Gasteiger partial charge in [0.25, 0.3) is 11.7 Å². The van der Waals surface area contributed by atoms with E-state index in [0.717, 1.165) is 0 Å². The number of methoxy groups -OCH3 is 1. The SMILES string of the molecule is COc1ccccc1C1NC(=O)C(=O)/C1=C(/O)c1ccccc1. The summed E-state index contributed by atoms with van der Waals surface area (Å²) in [6.45, 7) is 0. The smallest absolute Gasteiger partial charge is 0.293 e. The van der Waals surface area contributed by atoms with Crippen molar-refractivity contribution in [2.45, 2.75) is 6.04 Å². The number of aliphatic hydroxyl groups is 1. The summed E-state index contributed by atoms with van der Waals surface area (Å²) in [6.07, 6.45) is 0. The maximum absolute atomic E-state index is 12.2. The molecule has 1 saturated heterocycles. The molecule has 1 unspecified atom stereocenters. The maximum Gasteiger partial charge on any atom is 0.293 e. The number of para-hydroxylation sites is 1. The van der Waals surface area contributed by atoms with Crippen molar-refractivity contribution in [3.63, 3.8) is 0 Å². The molecule has 23 heavy (non-hydrogen) atoms. The normalized spacial score (nSPS) is 19.4. The van der Waals surface area contributed by atoms with Crippen LogP contribution in [0.5, 0.6) is 5.75 Å². The van der Waals surface area contributed by atoms with Gasteiger partial charge in [-0.25, -0.2) is 0 Å². The number of rotatable bonds is 3. The van der Waals surface area contributed by atoms with Crippen LogP contribution < -0.4 is 10.1 Å². The summed E-state index contributed by atoms with van der Waals surface area (Å²) >= 11 is 0. The molecule has 2 N–H and O–H groups in total. The quantitative estimate of drug-likeness (QED) is 0.518. The number of hydrogen-bond acceptors (Lipinski definition) is 4. The Kier molecular flexibility index (Phi) is 3.85. The lowest BCUT2D eigenvalue weighted by Crippen LogP contribution is -2.21. The molecule has 1 fully saturated rings. The summed E-state index contributed by atoms with van der Waals surface area (Å²) in [6, 6.07) is 15.0. The molecule has 0 spiro atoms. The first-order valence-electron chi connectivity index (χ1n) is 7.10. The van der Waals surface area contributed by atoms with Crippen LogP contribution in [0.25, 0.3) is 5.76 Å². The highest BCUT2D eigenvalue weighted by atomic mass is 16.5. The van der Waals surface area contributed by atoms with E-state index in [-0.39, 0.29) is 11.3 Å². The number of nitrogens with one attached hydrogen (secondary N) is 1. The highest BCUT2D eigenvalue weighted by Crippen LogP contribution is 2.36. The highest BCUT2D eigenvalue weighted by Gasteiger charge is 2.40. The number of Topliss-reactive ketones (excluding diaryl/α,β-unsaturated/α-hetero) is 1. The predicted octanol–water partition coefficient (Wildman–Crippen LogP) is 2.40. The van der Waals surface area contributed by atoms with E-state index in [4.69, 9.17) is 4.74 Å². The fourth-order valence-electron chi connectivity index (χ4n) is 2.66. The molecule has 0 saturated carbocycles. The summed E-state index contributed by atoms with van der Waals surface area (Å²) < 4.78 is 5.30. The molecule has 0 aliphatic carbocycles. The van der Waals surface area contributed by atoms with Crippen molar-refractivity contribution < 1.29 is 19.4 Å². The van der Waals surface area contributed by atoms with Gasteiger partial charge < -0.3 is 15.2 Å². The van der Waals surface area contributed by atoms with Crippen LogP contribution in [0.3, 0.4) is 0 Å². The first-order valence-corrected chi connectivity index (χ1v) is 7.10. The molecule has 1 aliphatic heterocycles. The highest BCUT2D eigenvalue weighted by molar-refractivity contribution is 6.46. The average Bonchev–Trinajstić information content (AvgIpc) is 2.90. The van der Waals surface area contributed by atoms with Crippen molar-refractivity contribution in [1.29, 1.82) is 0 Å². The Labute approximate surface area is 133 Å². The molecular weight excluding hydrogens is 294 g/mol. The zero-order chi connectivity index (χ0) is 16.4. The third kappa shape index (κ3) is 2.57. The van der Waals surface area contributed by atoms with Gasteiger partial charge in [0, 0.05) is 11.1 Å². The monoisotopic (exact) mass is 309 g/mol. The van der Waals surface area contributed by atoms with Crippen LogP contribution in [0.4, 0.5) is 0 Å². The van der Waals surface area contributed by atoms with Gasteiger partial charge in [-0.05, 0) is 6.07 Å². The van der Waals surface area contributed by atoms with E-state index in [2.05, 4.69) is 5.32 Å². The Morgan fingerprint density at radius 3 is 2.39 bits per heavy atom. The number of carbonyl (C=O) groups excluding carboxylic acids is 2. The molecular formula is C18H15NO4. The number of hydrogen-bond donors (Lipinski definition) is 2. The third-order valence-electron chi connectivity index (χ3n) is 3.77. The van der Waals surface area contributed by atoms with Gasteiger partial charge in [-0.2, -0.15) is 0 Å². The second-order valence-corrected chi connectivity index (χ2v) is 5.11. The fraction of sp³-hybridized carbons (Fsp3) is 0.111. The van der Waals surface area contributed by atoms with Gasteiger partial charge in [-0.15, -0.1) is 0 Å². The standard InChI is InChI=1S/C18H15NO4/c1-23-13-10-6-5-9-12(13)15-14(17(21)18(22)19-15)16(20)11-7-3-2-4-8-11/h2-10,15,20H,1H3,(H,19,22)/b16-14+. The van der Waals surface area contributed by atoms with Crippen LogP contribution in [0.15, 0.2) is 60.2 Å². The molecule has 5 nitrogen and oxygen atoms in total. The van der Waals surface area contributed by atoms with Crippen LogP contribution >= 0.6 is 0 Å². The van der Waals surface area contributed by atoms with Crippen LogP contribution in [-0.2, 0) is 9.59 Å².